The number of hydrogen-bond donors (Lipinski definition) is 3. The fourth-order valence-corrected chi connectivity index (χ4v) is 5.61. The summed E-state index contributed by atoms with van der Waals surface area (Å²) < 4.78 is 77.5. The van der Waals surface area contributed by atoms with Crippen molar-refractivity contribution in [1.29, 1.82) is 5.26 Å². The molecule has 2 aromatic carbocycles. The number of nitrogens with one attached hydrogen (secondary N) is 2. The van der Waals surface area contributed by atoms with Gasteiger partial charge in [-0.2, -0.15) is 18.4 Å². The first-order valence-electron chi connectivity index (χ1n) is 14.1. The number of halogens is 3. The molecule has 11 nitrogen and oxygen atoms in total. The van der Waals surface area contributed by atoms with E-state index in [9.17, 15) is 41.5 Å². The number of hydrogen-bond acceptors (Lipinski definition) is 9. The van der Waals surface area contributed by atoms with E-state index >= 15 is 0 Å². The second kappa shape index (κ2) is 13.2. The number of benzene rings is 2. The minimum atomic E-state index is -4.66. The molecule has 0 aromatic heterocycles. The topological polar surface area (TPSA) is 158 Å². The van der Waals surface area contributed by atoms with E-state index in [2.05, 4.69) is 10.6 Å². The van der Waals surface area contributed by atoms with Crippen LogP contribution in [0.2, 0.25) is 0 Å². The largest absolute Gasteiger partial charge is 0.444 e. The average molecular weight is 667 g/mol. The van der Waals surface area contributed by atoms with Crippen molar-refractivity contribution in [3.63, 3.8) is 0 Å². The fraction of sp³-hybridized carbons (Fsp3) is 0.452. The minimum Gasteiger partial charge on any atom is -0.444 e. The number of nitrogens with zero attached hydrogens (tertiary/aromatic N) is 2. The molecule has 2 amide bonds. The second-order valence-electron chi connectivity index (χ2n) is 12.7. The van der Waals surface area contributed by atoms with Crippen LogP contribution in [0.1, 0.15) is 70.7 Å². The van der Waals surface area contributed by atoms with Crippen molar-refractivity contribution in [1.82, 2.24) is 10.2 Å². The van der Waals surface area contributed by atoms with E-state index in [4.69, 9.17) is 9.47 Å². The Morgan fingerprint density at radius 3 is 2.22 bits per heavy atom. The zero-order valence-corrected chi connectivity index (χ0v) is 27.3. The predicted octanol–water partition coefficient (Wildman–Crippen LogP) is 5.87. The third kappa shape index (κ3) is 9.37. The Hall–Kier alpha value is -4.29. The summed E-state index contributed by atoms with van der Waals surface area (Å²) in [5.74, 6) is 0. The summed E-state index contributed by atoms with van der Waals surface area (Å²) in [5, 5.41) is 26.7. The van der Waals surface area contributed by atoms with Gasteiger partial charge in [0.05, 0.1) is 28.1 Å². The molecule has 2 unspecified atom stereocenters. The lowest BCUT2D eigenvalue weighted by Crippen LogP contribution is -2.51. The van der Waals surface area contributed by atoms with Crippen molar-refractivity contribution in [2.24, 2.45) is 0 Å². The molecule has 15 heteroatoms. The van der Waals surface area contributed by atoms with Gasteiger partial charge >= 0.3 is 18.4 Å². The standard InChI is InChI=1S/C31H37F3N4O7S/c1-29(2,3)44-27(40)37-25(21-12-11-18(17-35)15-23(21)46(7,42)43)24-22(36-20-10-8-9-19(16-20)31(32,33)34)13-14-38(26(24)39)28(41)45-30(4,5)6/h8-12,15-16,25-26,36,39H,13-14H2,1-7H3,(H,37,40). The van der Waals surface area contributed by atoms with Gasteiger partial charge in [-0.25, -0.2) is 18.0 Å². The van der Waals surface area contributed by atoms with Crippen molar-refractivity contribution in [3.8, 4) is 6.07 Å². The van der Waals surface area contributed by atoms with E-state index in [1.54, 1.807) is 41.5 Å². The molecule has 0 spiro atoms. The molecule has 0 aliphatic carbocycles. The molecule has 2 aromatic rings. The van der Waals surface area contributed by atoms with Crippen LogP contribution < -0.4 is 10.6 Å². The average Bonchev–Trinajstić information content (AvgIpc) is 2.89. The summed E-state index contributed by atoms with van der Waals surface area (Å²) in [6.45, 7) is 9.44. The van der Waals surface area contributed by atoms with Gasteiger partial charge in [0, 0.05) is 36.2 Å². The van der Waals surface area contributed by atoms with Crippen LogP contribution in [-0.4, -0.2) is 60.8 Å². The number of carbonyl (C=O) groups excluding carboxylic acids is 2. The van der Waals surface area contributed by atoms with Crippen LogP contribution in [0.25, 0.3) is 0 Å². The van der Waals surface area contributed by atoms with E-state index < -0.39 is 57.2 Å². The summed E-state index contributed by atoms with van der Waals surface area (Å²) in [6, 6.07) is 8.23. The number of carbonyl (C=O) groups is 2. The Morgan fingerprint density at radius 1 is 1.04 bits per heavy atom. The first-order valence-corrected chi connectivity index (χ1v) is 16.0. The van der Waals surface area contributed by atoms with Crippen LogP contribution in [0.15, 0.2) is 58.6 Å². The van der Waals surface area contributed by atoms with E-state index in [1.807, 2.05) is 6.07 Å². The number of anilines is 1. The molecule has 3 rings (SSSR count). The van der Waals surface area contributed by atoms with Gasteiger partial charge in [-0.3, -0.25) is 4.90 Å². The van der Waals surface area contributed by atoms with Crippen LogP contribution in [0, 0.1) is 11.3 Å². The van der Waals surface area contributed by atoms with Gasteiger partial charge < -0.3 is 25.2 Å². The predicted molar refractivity (Wildman–Crippen MR) is 162 cm³/mol. The van der Waals surface area contributed by atoms with Crippen molar-refractivity contribution in [3.05, 3.63) is 70.4 Å². The lowest BCUT2D eigenvalue weighted by molar-refractivity contribution is -0.137. The maximum Gasteiger partial charge on any atom is 0.416 e. The van der Waals surface area contributed by atoms with E-state index in [0.717, 1.165) is 29.4 Å². The number of alkyl halides is 3. The first-order chi connectivity index (χ1) is 21.0. The molecule has 1 heterocycles. The number of amides is 2. The van der Waals surface area contributed by atoms with Gasteiger partial charge in [0.15, 0.2) is 16.1 Å². The molecule has 0 saturated carbocycles. The molecule has 3 N–H and O–H groups in total. The normalized spacial score (nSPS) is 16.7. The van der Waals surface area contributed by atoms with Gasteiger partial charge in [-0.1, -0.05) is 12.1 Å². The molecular formula is C31H37F3N4O7S. The van der Waals surface area contributed by atoms with E-state index in [0.29, 0.717) is 0 Å². The summed E-state index contributed by atoms with van der Waals surface area (Å²) >= 11 is 0. The second-order valence-corrected chi connectivity index (χ2v) is 14.6. The number of aliphatic hydroxyl groups excluding tert-OH is 1. The third-order valence-electron chi connectivity index (χ3n) is 6.46. The Kier molecular flexibility index (Phi) is 10.4. The molecule has 46 heavy (non-hydrogen) atoms. The summed E-state index contributed by atoms with van der Waals surface area (Å²) in [5.41, 5.74) is -3.17. The van der Waals surface area contributed by atoms with Crippen molar-refractivity contribution in [2.45, 2.75) is 82.5 Å². The van der Waals surface area contributed by atoms with Crippen molar-refractivity contribution >= 4 is 27.7 Å². The van der Waals surface area contributed by atoms with Crippen LogP contribution in [0.5, 0.6) is 0 Å². The zero-order chi connectivity index (χ0) is 34.8. The van der Waals surface area contributed by atoms with Crippen molar-refractivity contribution in [2.75, 3.05) is 18.1 Å². The Balaban J connectivity index is 2.33. The molecule has 0 fully saturated rings. The smallest absolute Gasteiger partial charge is 0.416 e. The molecular weight excluding hydrogens is 629 g/mol. The van der Waals surface area contributed by atoms with Gasteiger partial charge in [0.2, 0.25) is 0 Å². The van der Waals surface area contributed by atoms with Gasteiger partial charge in [0.1, 0.15) is 11.2 Å². The molecule has 1 aliphatic heterocycles. The Morgan fingerprint density at radius 2 is 1.67 bits per heavy atom. The highest BCUT2D eigenvalue weighted by atomic mass is 32.2. The van der Waals surface area contributed by atoms with Crippen molar-refractivity contribution < 1.29 is 45.8 Å². The monoisotopic (exact) mass is 666 g/mol. The summed E-state index contributed by atoms with van der Waals surface area (Å²) in [4.78, 5) is 27.0. The van der Waals surface area contributed by atoms with E-state index in [-0.39, 0.29) is 45.9 Å². The minimum absolute atomic E-state index is 0.0175. The maximum atomic E-state index is 13.5. The maximum absolute atomic E-state index is 13.5. The van der Waals surface area contributed by atoms with Crippen LogP contribution in [-0.2, 0) is 25.5 Å². The number of aliphatic hydroxyl groups is 1. The quantitative estimate of drug-likeness (QED) is 0.343. The molecule has 0 bridgehead atoms. The lowest BCUT2D eigenvalue weighted by atomic mass is 9.91. The molecule has 0 radical (unpaired) electrons. The molecule has 2 atom stereocenters. The van der Waals surface area contributed by atoms with Gasteiger partial charge in [-0.15, -0.1) is 0 Å². The van der Waals surface area contributed by atoms with Gasteiger partial charge in [0.25, 0.3) is 0 Å². The highest BCUT2D eigenvalue weighted by molar-refractivity contribution is 7.90. The fourth-order valence-electron chi connectivity index (χ4n) is 4.65. The molecule has 0 saturated heterocycles. The number of nitriles is 1. The third-order valence-corrected chi connectivity index (χ3v) is 7.62. The number of rotatable bonds is 6. The number of ether oxygens (including phenoxy) is 2. The van der Waals surface area contributed by atoms with Crippen LogP contribution in [0.3, 0.4) is 0 Å². The summed E-state index contributed by atoms with van der Waals surface area (Å²) in [6.07, 6.45) is -7.71. The first kappa shape index (κ1) is 36.2. The highest BCUT2D eigenvalue weighted by Crippen LogP contribution is 2.38. The Labute approximate surface area is 265 Å². The zero-order valence-electron chi connectivity index (χ0n) is 26.4. The molecule has 250 valence electrons. The van der Waals surface area contributed by atoms with Gasteiger partial charge in [-0.05, 0) is 77.4 Å². The Bertz CT molecular complexity index is 1670. The molecule has 1 aliphatic rings. The highest BCUT2D eigenvalue weighted by Gasteiger charge is 2.41. The number of alkyl carbamates (subject to hydrolysis) is 1. The summed E-state index contributed by atoms with van der Waals surface area (Å²) in [7, 11) is -4.09. The van der Waals surface area contributed by atoms with Crippen LogP contribution >= 0.6 is 0 Å². The lowest BCUT2D eigenvalue weighted by Gasteiger charge is -2.40. The SMILES string of the molecule is CC(C)(C)OC(=O)NC(C1=C(Nc2cccc(C(F)(F)F)c2)CCN(C(=O)OC(C)(C)C)C1O)c1ccc(C#N)cc1S(C)(=O)=O. The van der Waals surface area contributed by atoms with E-state index in [1.165, 1.54) is 24.3 Å². The van der Waals surface area contributed by atoms with Crippen LogP contribution in [0.4, 0.5) is 28.4 Å². The number of sulfone groups is 1.